The number of methoxy groups -OCH3 is 1. The van der Waals surface area contributed by atoms with Crippen LogP contribution in [0.1, 0.15) is 23.2 Å². The molecule has 1 amide bonds. The Balaban J connectivity index is 1.65. The van der Waals surface area contributed by atoms with Crippen LogP contribution < -0.4 is 0 Å². The maximum absolute atomic E-state index is 13.0. The molecule has 1 saturated heterocycles. The zero-order valence-electron chi connectivity index (χ0n) is 12.5. The van der Waals surface area contributed by atoms with Gasteiger partial charge in [-0.3, -0.25) is 4.79 Å². The number of thiophene rings is 1. The Hall–Kier alpha value is -1.43. The molecule has 1 aromatic carbocycles. The van der Waals surface area contributed by atoms with Gasteiger partial charge in [-0.05, 0) is 18.9 Å². The maximum atomic E-state index is 13.0. The van der Waals surface area contributed by atoms with E-state index >= 15 is 0 Å². The van der Waals surface area contributed by atoms with Crippen molar-refractivity contribution in [2.45, 2.75) is 31.1 Å². The van der Waals surface area contributed by atoms with Crippen LogP contribution in [0.4, 0.5) is 0 Å². The van der Waals surface area contributed by atoms with Crippen LogP contribution in [0.2, 0.25) is 0 Å². The summed E-state index contributed by atoms with van der Waals surface area (Å²) in [6.07, 6.45) is 2.05. The van der Waals surface area contributed by atoms with E-state index < -0.39 is 0 Å². The summed E-state index contributed by atoms with van der Waals surface area (Å²) in [5, 5.41) is 3.04. The summed E-state index contributed by atoms with van der Waals surface area (Å²) in [5.41, 5.74) is 0.821. The van der Waals surface area contributed by atoms with Crippen molar-refractivity contribution in [3.05, 3.63) is 35.2 Å². The van der Waals surface area contributed by atoms with Crippen LogP contribution in [0.15, 0.2) is 29.6 Å². The van der Waals surface area contributed by atoms with Crippen molar-refractivity contribution >= 4 is 27.3 Å². The minimum Gasteiger partial charge on any atom is -0.379 e. The molecule has 116 valence electrons. The highest BCUT2D eigenvalue weighted by atomic mass is 32.1. The highest BCUT2D eigenvalue weighted by molar-refractivity contribution is 7.17. The molecule has 1 aromatic heterocycles. The van der Waals surface area contributed by atoms with E-state index in [0.29, 0.717) is 13.2 Å². The van der Waals surface area contributed by atoms with Gasteiger partial charge in [0, 0.05) is 29.1 Å². The fourth-order valence-electron chi connectivity index (χ4n) is 3.72. The van der Waals surface area contributed by atoms with Gasteiger partial charge in [-0.15, -0.1) is 11.3 Å². The van der Waals surface area contributed by atoms with Crippen LogP contribution in [0.3, 0.4) is 0 Å². The molecule has 0 N–H and O–H groups in total. The van der Waals surface area contributed by atoms with Gasteiger partial charge in [0.2, 0.25) is 0 Å². The summed E-state index contributed by atoms with van der Waals surface area (Å²) in [6, 6.07) is 8.24. The number of hydrogen-bond acceptors (Lipinski definition) is 4. The van der Waals surface area contributed by atoms with E-state index in [1.807, 2.05) is 28.5 Å². The van der Waals surface area contributed by atoms with Gasteiger partial charge in [0.25, 0.3) is 5.91 Å². The average Bonchev–Trinajstić information content (AvgIpc) is 3.17. The molecule has 4 rings (SSSR count). The van der Waals surface area contributed by atoms with Gasteiger partial charge in [0.1, 0.15) is 6.10 Å². The molecule has 3 atom stereocenters. The van der Waals surface area contributed by atoms with Crippen molar-refractivity contribution in [3.8, 4) is 0 Å². The second kappa shape index (κ2) is 5.65. The Morgan fingerprint density at radius 2 is 2.23 bits per heavy atom. The van der Waals surface area contributed by atoms with Crippen molar-refractivity contribution < 1.29 is 14.3 Å². The molecular formula is C17H19NO3S. The zero-order valence-corrected chi connectivity index (χ0v) is 13.3. The van der Waals surface area contributed by atoms with Gasteiger partial charge >= 0.3 is 0 Å². The lowest BCUT2D eigenvalue weighted by atomic mass is 10.1. The standard InChI is InChI=1S/C17H19NO3S/c1-20-14-7-6-13-16(14)21-9-8-18(13)17(19)12-10-22-15-5-3-2-4-11(12)15/h2-5,10,13-14,16H,6-9H2,1H3/t13-,14-,16+/m1/s1. The van der Waals surface area contributed by atoms with E-state index in [0.717, 1.165) is 28.5 Å². The highest BCUT2D eigenvalue weighted by Crippen LogP contribution is 2.34. The molecule has 0 unspecified atom stereocenters. The SMILES string of the molecule is CO[C@@H]1CC[C@@H]2[C@@H]1OCCN2C(=O)c1csc2ccccc12. The monoisotopic (exact) mass is 317 g/mol. The van der Waals surface area contributed by atoms with Crippen molar-refractivity contribution in [1.82, 2.24) is 4.90 Å². The molecular weight excluding hydrogens is 298 g/mol. The number of morpholine rings is 1. The van der Waals surface area contributed by atoms with E-state index in [1.165, 1.54) is 0 Å². The number of nitrogens with zero attached hydrogens (tertiary/aromatic N) is 1. The molecule has 22 heavy (non-hydrogen) atoms. The summed E-state index contributed by atoms with van der Waals surface area (Å²) in [5.74, 6) is 0.132. The highest BCUT2D eigenvalue weighted by Gasteiger charge is 2.44. The molecule has 1 aliphatic carbocycles. The molecule has 0 bridgehead atoms. The molecule has 5 heteroatoms. The van der Waals surface area contributed by atoms with Crippen molar-refractivity contribution in [2.75, 3.05) is 20.3 Å². The first-order chi connectivity index (χ1) is 10.8. The number of rotatable bonds is 2. The van der Waals surface area contributed by atoms with Gasteiger partial charge in [-0.25, -0.2) is 0 Å². The van der Waals surface area contributed by atoms with Gasteiger partial charge in [-0.1, -0.05) is 18.2 Å². The lowest BCUT2D eigenvalue weighted by Crippen LogP contribution is -2.53. The maximum Gasteiger partial charge on any atom is 0.255 e. The Bertz CT molecular complexity index is 698. The van der Waals surface area contributed by atoms with Crippen molar-refractivity contribution in [3.63, 3.8) is 0 Å². The molecule has 1 saturated carbocycles. The van der Waals surface area contributed by atoms with Crippen LogP contribution in [-0.2, 0) is 9.47 Å². The average molecular weight is 317 g/mol. The largest absolute Gasteiger partial charge is 0.379 e. The van der Waals surface area contributed by atoms with E-state index in [9.17, 15) is 4.79 Å². The predicted molar refractivity (Wildman–Crippen MR) is 86.4 cm³/mol. The number of amides is 1. The third kappa shape index (κ3) is 2.16. The Morgan fingerprint density at radius 1 is 1.36 bits per heavy atom. The number of carbonyl (C=O) groups excluding carboxylic acids is 1. The molecule has 0 spiro atoms. The van der Waals surface area contributed by atoms with Crippen LogP contribution in [0.25, 0.3) is 10.1 Å². The Kier molecular flexibility index (Phi) is 3.64. The van der Waals surface area contributed by atoms with E-state index in [2.05, 4.69) is 6.07 Å². The summed E-state index contributed by atoms with van der Waals surface area (Å²) >= 11 is 1.63. The van der Waals surface area contributed by atoms with E-state index in [4.69, 9.17) is 9.47 Å². The summed E-state index contributed by atoms with van der Waals surface area (Å²) < 4.78 is 12.5. The molecule has 4 nitrogen and oxygen atoms in total. The Labute approximate surface area is 133 Å². The fraction of sp³-hybridized carbons (Fsp3) is 0.471. The van der Waals surface area contributed by atoms with Gasteiger partial charge in [-0.2, -0.15) is 0 Å². The third-order valence-electron chi connectivity index (χ3n) is 4.81. The van der Waals surface area contributed by atoms with Crippen LogP contribution in [-0.4, -0.2) is 49.3 Å². The topological polar surface area (TPSA) is 38.8 Å². The zero-order chi connectivity index (χ0) is 15.1. The van der Waals surface area contributed by atoms with E-state index in [1.54, 1.807) is 18.4 Å². The molecule has 2 fully saturated rings. The normalized spacial score (nSPS) is 28.0. The molecule has 2 aromatic rings. The lowest BCUT2D eigenvalue weighted by Gasteiger charge is -2.38. The minimum atomic E-state index is 0.0209. The molecule has 1 aliphatic heterocycles. The number of carbonyl (C=O) groups is 1. The van der Waals surface area contributed by atoms with E-state index in [-0.39, 0.29) is 24.2 Å². The second-order valence-corrected chi connectivity index (χ2v) is 6.81. The summed E-state index contributed by atoms with van der Waals surface area (Å²) in [7, 11) is 1.73. The first-order valence-electron chi connectivity index (χ1n) is 7.71. The first-order valence-corrected chi connectivity index (χ1v) is 8.59. The molecule has 0 radical (unpaired) electrons. The number of benzene rings is 1. The van der Waals surface area contributed by atoms with Crippen molar-refractivity contribution in [1.29, 1.82) is 0 Å². The second-order valence-electron chi connectivity index (χ2n) is 5.90. The third-order valence-corrected chi connectivity index (χ3v) is 5.77. The smallest absolute Gasteiger partial charge is 0.255 e. The van der Waals surface area contributed by atoms with Crippen LogP contribution >= 0.6 is 11.3 Å². The van der Waals surface area contributed by atoms with Gasteiger partial charge < -0.3 is 14.4 Å². The quantitative estimate of drug-likeness (QED) is 0.855. The van der Waals surface area contributed by atoms with Gasteiger partial charge in [0.15, 0.2) is 0 Å². The predicted octanol–water partition coefficient (Wildman–Crippen LogP) is 2.92. The van der Waals surface area contributed by atoms with Crippen LogP contribution in [0, 0.1) is 0 Å². The number of fused-ring (bicyclic) bond motifs is 2. The molecule has 2 aliphatic rings. The summed E-state index contributed by atoms with van der Waals surface area (Å²) in [4.78, 5) is 15.1. The number of ether oxygens (including phenoxy) is 2. The molecule has 2 heterocycles. The summed E-state index contributed by atoms with van der Waals surface area (Å²) in [6.45, 7) is 1.26. The minimum absolute atomic E-state index is 0.0209. The fourth-order valence-corrected chi connectivity index (χ4v) is 4.65. The first kappa shape index (κ1) is 14.2. The number of hydrogen-bond donors (Lipinski definition) is 0. The van der Waals surface area contributed by atoms with Crippen LogP contribution in [0.5, 0.6) is 0 Å². The Morgan fingerprint density at radius 3 is 3.09 bits per heavy atom. The van der Waals surface area contributed by atoms with Crippen molar-refractivity contribution in [2.24, 2.45) is 0 Å². The van der Waals surface area contributed by atoms with Gasteiger partial charge in [0.05, 0.1) is 24.3 Å². The lowest BCUT2D eigenvalue weighted by molar-refractivity contribution is -0.0946.